The minimum Gasteiger partial charge on any atom is -0.390 e. The zero-order chi connectivity index (χ0) is 12.5. The molecule has 0 spiro atoms. The van der Waals surface area contributed by atoms with E-state index in [0.29, 0.717) is 0 Å². The summed E-state index contributed by atoms with van der Waals surface area (Å²) in [5.74, 6) is 0. The monoisotopic (exact) mass is 230 g/mol. The first-order chi connectivity index (χ1) is 8.03. The highest BCUT2D eigenvalue weighted by Gasteiger charge is 2.28. The van der Waals surface area contributed by atoms with Crippen LogP contribution in [0.5, 0.6) is 0 Å². The molecular weight excluding hydrogens is 212 g/mol. The van der Waals surface area contributed by atoms with Crippen molar-refractivity contribution in [2.24, 2.45) is 0 Å². The first-order valence-electron chi connectivity index (χ1n) is 6.00. The molecule has 0 unspecified atom stereocenters. The van der Waals surface area contributed by atoms with Gasteiger partial charge in [-0.1, -0.05) is 12.1 Å². The van der Waals surface area contributed by atoms with E-state index in [0.717, 1.165) is 42.7 Å². The van der Waals surface area contributed by atoms with Gasteiger partial charge < -0.3 is 10.0 Å². The van der Waals surface area contributed by atoms with Gasteiger partial charge >= 0.3 is 0 Å². The van der Waals surface area contributed by atoms with Gasteiger partial charge in [0.15, 0.2) is 0 Å². The Morgan fingerprint density at radius 2 is 2.00 bits per heavy atom. The second-order valence-electron chi connectivity index (χ2n) is 5.07. The highest BCUT2D eigenvalue weighted by atomic mass is 16.3. The third kappa shape index (κ3) is 2.42. The van der Waals surface area contributed by atoms with E-state index in [4.69, 9.17) is 5.26 Å². The van der Waals surface area contributed by atoms with Crippen molar-refractivity contribution >= 4 is 5.69 Å². The molecule has 1 heterocycles. The Kier molecular flexibility index (Phi) is 3.08. The van der Waals surface area contributed by atoms with Gasteiger partial charge in [0, 0.05) is 13.1 Å². The lowest BCUT2D eigenvalue weighted by Crippen LogP contribution is -2.43. The van der Waals surface area contributed by atoms with E-state index in [1.165, 1.54) is 0 Å². The Morgan fingerprint density at radius 1 is 1.35 bits per heavy atom. The van der Waals surface area contributed by atoms with Crippen LogP contribution in [0.1, 0.15) is 30.9 Å². The van der Waals surface area contributed by atoms with Crippen molar-refractivity contribution in [1.82, 2.24) is 0 Å². The minimum atomic E-state index is -0.550. The fourth-order valence-electron chi connectivity index (χ4n) is 2.38. The van der Waals surface area contributed by atoms with Gasteiger partial charge in [-0.3, -0.25) is 0 Å². The molecule has 1 saturated heterocycles. The second-order valence-corrected chi connectivity index (χ2v) is 5.07. The molecular formula is C14H18N2O. The Labute approximate surface area is 102 Å². The van der Waals surface area contributed by atoms with Crippen molar-refractivity contribution in [3.63, 3.8) is 0 Å². The highest BCUT2D eigenvalue weighted by Crippen LogP contribution is 2.30. The van der Waals surface area contributed by atoms with Crippen LogP contribution in [0.3, 0.4) is 0 Å². The standard InChI is InChI=1S/C14H18N2O/c1-11-4-3-5-12(10-15)13(11)16-8-6-14(2,17)7-9-16/h3-5,17H,6-9H2,1-2H3. The first kappa shape index (κ1) is 11.9. The van der Waals surface area contributed by atoms with Gasteiger partial charge in [0.25, 0.3) is 0 Å². The molecule has 1 aromatic carbocycles. The van der Waals surface area contributed by atoms with Crippen LogP contribution in [-0.2, 0) is 0 Å². The largest absolute Gasteiger partial charge is 0.390 e. The van der Waals surface area contributed by atoms with Gasteiger partial charge in [0.2, 0.25) is 0 Å². The number of aryl methyl sites for hydroxylation is 1. The maximum atomic E-state index is 9.94. The van der Waals surface area contributed by atoms with Crippen molar-refractivity contribution in [2.45, 2.75) is 32.3 Å². The molecule has 3 nitrogen and oxygen atoms in total. The van der Waals surface area contributed by atoms with Crippen LogP contribution in [-0.4, -0.2) is 23.8 Å². The summed E-state index contributed by atoms with van der Waals surface area (Å²) in [6.45, 7) is 5.54. The molecule has 0 radical (unpaired) electrons. The molecule has 0 amide bonds. The number of anilines is 1. The Hall–Kier alpha value is -1.53. The number of hydrogen-bond donors (Lipinski definition) is 1. The van der Waals surface area contributed by atoms with Crippen molar-refractivity contribution in [1.29, 1.82) is 5.26 Å². The van der Waals surface area contributed by atoms with Crippen LogP contribution in [0.4, 0.5) is 5.69 Å². The minimum absolute atomic E-state index is 0.550. The predicted octanol–water partition coefficient (Wildman–Crippen LogP) is 2.22. The van der Waals surface area contributed by atoms with E-state index in [2.05, 4.69) is 11.0 Å². The number of nitrogens with zero attached hydrogens (tertiary/aromatic N) is 2. The average Bonchev–Trinajstić information content (AvgIpc) is 2.29. The molecule has 90 valence electrons. The third-order valence-electron chi connectivity index (χ3n) is 3.52. The number of nitriles is 1. The van der Waals surface area contributed by atoms with Gasteiger partial charge in [0.05, 0.1) is 16.9 Å². The van der Waals surface area contributed by atoms with Gasteiger partial charge in [-0.05, 0) is 38.3 Å². The van der Waals surface area contributed by atoms with Crippen LogP contribution >= 0.6 is 0 Å². The summed E-state index contributed by atoms with van der Waals surface area (Å²) in [5.41, 5.74) is 2.34. The molecule has 1 aliphatic heterocycles. The van der Waals surface area contributed by atoms with E-state index < -0.39 is 5.60 Å². The van der Waals surface area contributed by atoms with E-state index in [-0.39, 0.29) is 0 Å². The highest BCUT2D eigenvalue weighted by molar-refractivity contribution is 5.64. The molecule has 1 aliphatic rings. The van der Waals surface area contributed by atoms with Crippen molar-refractivity contribution in [3.8, 4) is 6.07 Å². The molecule has 0 saturated carbocycles. The summed E-state index contributed by atoms with van der Waals surface area (Å²) in [6, 6.07) is 8.05. The normalized spacial score (nSPS) is 18.8. The topological polar surface area (TPSA) is 47.3 Å². The molecule has 1 fully saturated rings. The van der Waals surface area contributed by atoms with Crippen LogP contribution in [0, 0.1) is 18.3 Å². The van der Waals surface area contributed by atoms with Crippen LogP contribution in [0.15, 0.2) is 18.2 Å². The molecule has 17 heavy (non-hydrogen) atoms. The molecule has 1 N–H and O–H groups in total. The molecule has 3 heteroatoms. The molecule has 1 aromatic rings. The fraction of sp³-hybridized carbons (Fsp3) is 0.500. The fourth-order valence-corrected chi connectivity index (χ4v) is 2.38. The number of hydrogen-bond acceptors (Lipinski definition) is 3. The van der Waals surface area contributed by atoms with E-state index >= 15 is 0 Å². The van der Waals surface area contributed by atoms with Crippen molar-refractivity contribution in [2.75, 3.05) is 18.0 Å². The maximum absolute atomic E-state index is 9.94. The number of aliphatic hydroxyl groups is 1. The number of para-hydroxylation sites is 1. The van der Waals surface area contributed by atoms with Gasteiger partial charge in [-0.2, -0.15) is 5.26 Å². The molecule has 0 atom stereocenters. The summed E-state index contributed by atoms with van der Waals surface area (Å²) in [5, 5.41) is 19.1. The molecule has 0 aliphatic carbocycles. The SMILES string of the molecule is Cc1cccc(C#N)c1N1CCC(C)(O)CC1. The lowest BCUT2D eigenvalue weighted by Gasteiger charge is -2.38. The van der Waals surface area contributed by atoms with Gasteiger partial charge in [-0.15, -0.1) is 0 Å². The van der Waals surface area contributed by atoms with Crippen LogP contribution in [0.25, 0.3) is 0 Å². The van der Waals surface area contributed by atoms with Crippen molar-refractivity contribution in [3.05, 3.63) is 29.3 Å². The van der Waals surface area contributed by atoms with Gasteiger partial charge in [-0.25, -0.2) is 0 Å². The van der Waals surface area contributed by atoms with E-state index in [1.54, 1.807) is 0 Å². The average molecular weight is 230 g/mol. The second kappa shape index (κ2) is 4.38. The smallest absolute Gasteiger partial charge is 0.101 e. The summed E-state index contributed by atoms with van der Waals surface area (Å²) in [6.07, 6.45) is 1.51. The summed E-state index contributed by atoms with van der Waals surface area (Å²) >= 11 is 0. The number of piperidine rings is 1. The Bertz CT molecular complexity index is 450. The molecule has 0 bridgehead atoms. The van der Waals surface area contributed by atoms with Gasteiger partial charge in [0.1, 0.15) is 6.07 Å². The summed E-state index contributed by atoms with van der Waals surface area (Å²) in [4.78, 5) is 2.21. The first-order valence-corrected chi connectivity index (χ1v) is 6.00. The van der Waals surface area contributed by atoms with Crippen LogP contribution in [0.2, 0.25) is 0 Å². The summed E-state index contributed by atoms with van der Waals surface area (Å²) in [7, 11) is 0. The lowest BCUT2D eigenvalue weighted by molar-refractivity contribution is 0.0351. The summed E-state index contributed by atoms with van der Waals surface area (Å²) < 4.78 is 0. The molecule has 2 rings (SSSR count). The maximum Gasteiger partial charge on any atom is 0.101 e. The molecule has 0 aromatic heterocycles. The predicted molar refractivity (Wildman–Crippen MR) is 68.0 cm³/mol. The van der Waals surface area contributed by atoms with Crippen molar-refractivity contribution < 1.29 is 5.11 Å². The lowest BCUT2D eigenvalue weighted by atomic mass is 9.92. The zero-order valence-electron chi connectivity index (χ0n) is 10.4. The zero-order valence-corrected chi connectivity index (χ0v) is 10.4. The third-order valence-corrected chi connectivity index (χ3v) is 3.52. The Balaban J connectivity index is 2.27. The quantitative estimate of drug-likeness (QED) is 0.804. The van der Waals surface area contributed by atoms with E-state index in [9.17, 15) is 5.11 Å². The van der Waals surface area contributed by atoms with E-state index in [1.807, 2.05) is 32.0 Å². The Morgan fingerprint density at radius 3 is 2.59 bits per heavy atom. The van der Waals surface area contributed by atoms with Crippen LogP contribution < -0.4 is 4.90 Å². The number of benzene rings is 1. The number of rotatable bonds is 1.